The van der Waals surface area contributed by atoms with E-state index >= 15 is 0 Å². The SMILES string of the molecule is CC1(C)c2ccccc2-c2ccc(N(c3ccc(-c4ccccc4)cc3)c3ccc(-c4ccc5c(c4)c4ccccc4n5-c4ccccc4)cc3)cc21.[B]PCF.[BiH2].c1cc(-c2cnc3c4ccccc4c4ccccc4c3n2)cc(-c2c3oc4ccccc4c3cc3oc4ccccc4c23)c1.c1ccc(-c2ccnc3c2ccc2c(-c4ccccc4)ccnc23)cc1. The number of halogens is 1. The summed E-state index contributed by atoms with van der Waals surface area (Å²) >= 11 is 0. The summed E-state index contributed by atoms with van der Waals surface area (Å²) in [5.74, 6) is 0. The Morgan fingerprint density at radius 3 is 1.43 bits per heavy atom. The molecule has 128 heavy (non-hydrogen) atoms. The summed E-state index contributed by atoms with van der Waals surface area (Å²) in [5, 5.41) is 13.6. The third kappa shape index (κ3) is 14.4. The summed E-state index contributed by atoms with van der Waals surface area (Å²) in [6.07, 6.45) is 5.27. The number of para-hydroxylation sites is 4. The maximum Gasteiger partial charge on any atom is 0.144 e. The third-order valence-electron chi connectivity index (χ3n) is 25.0. The first-order valence-electron chi connectivity index (χ1n) is 42.8. The van der Waals surface area contributed by atoms with Crippen LogP contribution in [0.2, 0.25) is 0 Å². The van der Waals surface area contributed by atoms with E-state index in [4.69, 9.17) is 18.8 Å². The van der Waals surface area contributed by atoms with Gasteiger partial charge in [-0.05, 0) is 186 Å². The van der Waals surface area contributed by atoms with E-state index < -0.39 is 0 Å². The number of nitrogens with zero attached hydrogens (tertiary/aromatic N) is 6. The molecule has 0 spiro atoms. The van der Waals surface area contributed by atoms with Crippen LogP contribution < -0.4 is 4.90 Å². The van der Waals surface area contributed by atoms with Crippen molar-refractivity contribution in [3.63, 3.8) is 0 Å². The van der Waals surface area contributed by atoms with E-state index in [-0.39, 0.29) is 46.5 Å². The first-order valence-corrected chi connectivity index (χ1v) is 44.1. The maximum absolute atomic E-state index is 10.6. The van der Waals surface area contributed by atoms with Gasteiger partial charge < -0.3 is 18.3 Å². The number of fused-ring (bicyclic) bond motifs is 21. The summed E-state index contributed by atoms with van der Waals surface area (Å²) in [4.78, 5) is 22.0. The Morgan fingerprint density at radius 2 is 0.797 bits per heavy atom. The molecule has 0 fully saturated rings. The van der Waals surface area contributed by atoms with Gasteiger partial charge in [0.1, 0.15) is 29.9 Å². The van der Waals surface area contributed by atoms with Crippen LogP contribution >= 0.6 is 8.46 Å². The molecule has 0 saturated carbocycles. The number of anilines is 3. The van der Waals surface area contributed by atoms with Gasteiger partial charge in [-0.25, -0.2) is 9.37 Å². The molecule has 1 aliphatic carbocycles. The molecule has 18 aromatic carbocycles. The number of pyridine rings is 2. The zero-order chi connectivity index (χ0) is 85.1. The van der Waals surface area contributed by atoms with Crippen LogP contribution in [0.25, 0.3) is 204 Å². The quantitative estimate of drug-likeness (QED) is 0.0724. The fourth-order valence-corrected chi connectivity index (χ4v) is 19.0. The molecule has 3 radical (unpaired) electrons. The van der Waals surface area contributed by atoms with E-state index in [1.807, 2.05) is 61.1 Å². The number of hydrogen-bond donors (Lipinski definition) is 0. The molecule has 1 aliphatic rings. The fraction of sp³-hybridized carbons (Fsp3) is 0.0345. The molecule has 0 amide bonds. The molecule has 6 heterocycles. The zero-order valence-corrected chi connectivity index (χ0v) is 75.6. The number of hydrogen-bond acceptors (Lipinski definition) is 7. The minimum Gasteiger partial charge on any atom is -0.456 e. The van der Waals surface area contributed by atoms with Crippen LogP contribution in [0.4, 0.5) is 21.5 Å². The first kappa shape index (κ1) is 80.3. The maximum atomic E-state index is 10.6. The molecular formula is C116H81BBiFN6O2P. The summed E-state index contributed by atoms with van der Waals surface area (Å²) < 4.78 is 26.0. The van der Waals surface area contributed by atoms with Gasteiger partial charge in [-0.3, -0.25) is 15.0 Å². The summed E-state index contributed by atoms with van der Waals surface area (Å²) in [6, 6.07) is 144. The minimum atomic E-state index is -0.375. The summed E-state index contributed by atoms with van der Waals surface area (Å²) in [6.45, 7) is 4.70. The van der Waals surface area contributed by atoms with Crippen molar-refractivity contribution >= 4 is 179 Å². The number of benzene rings is 18. The van der Waals surface area contributed by atoms with Gasteiger partial charge in [-0.1, -0.05) is 317 Å². The average Bonchev–Trinajstić information content (AvgIpc) is 1.55. The molecule has 0 N–H and O–H groups in total. The van der Waals surface area contributed by atoms with Crippen LogP contribution in [0, 0.1) is 0 Å². The van der Waals surface area contributed by atoms with E-state index in [1.165, 1.54) is 105 Å². The van der Waals surface area contributed by atoms with Gasteiger partial charge in [0, 0.05) is 106 Å². The Labute approximate surface area is 761 Å². The molecule has 1 unspecified atom stereocenters. The molecule has 607 valence electrons. The van der Waals surface area contributed by atoms with E-state index in [1.54, 1.807) is 0 Å². The minimum absolute atomic E-state index is 0. The Morgan fingerprint density at radius 1 is 0.328 bits per heavy atom. The topological polar surface area (TPSA) is 86.0 Å². The monoisotopic (exact) mass is 1860 g/mol. The van der Waals surface area contributed by atoms with Crippen molar-refractivity contribution in [1.29, 1.82) is 0 Å². The first-order chi connectivity index (χ1) is 62.7. The molecule has 0 aliphatic heterocycles. The molecule has 12 heteroatoms. The van der Waals surface area contributed by atoms with Crippen molar-refractivity contribution < 1.29 is 13.2 Å². The van der Waals surface area contributed by atoms with Gasteiger partial charge in [0.25, 0.3) is 0 Å². The molecule has 25 rings (SSSR count). The van der Waals surface area contributed by atoms with Crippen molar-refractivity contribution in [2.75, 3.05) is 11.3 Å². The van der Waals surface area contributed by atoms with Crippen LogP contribution in [0.3, 0.4) is 0 Å². The van der Waals surface area contributed by atoms with Crippen LogP contribution in [0.15, 0.2) is 434 Å². The predicted molar refractivity (Wildman–Crippen MR) is 540 cm³/mol. The number of furan rings is 2. The van der Waals surface area contributed by atoms with Crippen molar-refractivity contribution in [1.82, 2.24) is 24.5 Å². The van der Waals surface area contributed by atoms with Gasteiger partial charge in [0.15, 0.2) is 0 Å². The van der Waals surface area contributed by atoms with Crippen LogP contribution in [0.5, 0.6) is 0 Å². The van der Waals surface area contributed by atoms with Crippen molar-refractivity contribution in [3.05, 3.63) is 436 Å². The second-order valence-electron chi connectivity index (χ2n) is 32.6. The summed E-state index contributed by atoms with van der Waals surface area (Å²) in [5.41, 5.74) is 32.9. The normalized spacial score (nSPS) is 12.1. The van der Waals surface area contributed by atoms with Gasteiger partial charge in [0.05, 0.1) is 51.4 Å². The molecule has 0 bridgehead atoms. The molecule has 24 aromatic rings. The molecule has 0 saturated heterocycles. The van der Waals surface area contributed by atoms with E-state index in [0.29, 0.717) is 0 Å². The number of aromatic nitrogens is 5. The Bertz CT molecular complexity index is 8200. The molecular weight excluding hydrogens is 1780 g/mol. The molecule has 8 nitrogen and oxygen atoms in total. The number of alkyl halides is 1. The van der Waals surface area contributed by atoms with Crippen LogP contribution in [0.1, 0.15) is 25.0 Å². The Balaban J connectivity index is 0.000000119. The van der Waals surface area contributed by atoms with Crippen molar-refractivity contribution in [2.24, 2.45) is 0 Å². The van der Waals surface area contributed by atoms with Crippen molar-refractivity contribution in [3.8, 4) is 83.7 Å². The van der Waals surface area contributed by atoms with E-state index in [2.05, 4.69) is 405 Å². The number of rotatable bonds is 11. The van der Waals surface area contributed by atoms with Crippen LogP contribution in [-0.4, -0.2) is 64.7 Å². The van der Waals surface area contributed by atoms with E-state index in [9.17, 15) is 4.39 Å². The van der Waals surface area contributed by atoms with Gasteiger partial charge >= 0.3 is 26.2 Å². The second kappa shape index (κ2) is 34.2. The second-order valence-corrected chi connectivity index (χ2v) is 33.3. The average molecular weight is 1860 g/mol. The Hall–Kier alpha value is -14.9. The smallest absolute Gasteiger partial charge is 0.144 e. The van der Waals surface area contributed by atoms with Gasteiger partial charge in [-0.15, -0.1) is 8.46 Å². The van der Waals surface area contributed by atoms with Crippen LogP contribution in [-0.2, 0) is 5.41 Å². The van der Waals surface area contributed by atoms with Crippen molar-refractivity contribution in [2.45, 2.75) is 19.3 Å². The Kier molecular flexibility index (Phi) is 21.5. The predicted octanol–water partition coefficient (Wildman–Crippen LogP) is 30.8. The molecule has 1 atom stereocenters. The standard InChI is InChI=1S/C51H38N2.C40H22N2O2.C24H16N2.CH3BFP.Bi.2H/c1-51(2)47-19-11-9-17-43(47)44-31-30-42(34-48(44)51)52(40-26-21-36(22-27-40)35-13-5-3-6-14-35)41-28-23-37(24-29-41)38-25-32-50-46(33-38)45-18-10-12-20-49(45)53(50)39-15-7-4-8-16-39;1-3-15-28-25(12-1)26-13-2-4-16-29(26)39-38(28)41-22-32(42-39)23-10-9-11-24(20-23)36-37-30-17-6-8-19-34(30)43-35(37)21-31-27-14-5-7-18-33(27)44-40(31)36;1-3-7-17(8-4-1)19-13-15-25-23-21(19)11-12-22-20(14-16-26-24(22)23)18-9-5-2-6-10-18;2-4-1-3;;;/h3-34H,1-2H3;1-22H;1-16H;4H,1H2;;;. The largest absolute Gasteiger partial charge is 0.456 e. The third-order valence-corrected chi connectivity index (χ3v) is 25.1. The fourth-order valence-electron chi connectivity index (χ4n) is 19.0. The van der Waals surface area contributed by atoms with Gasteiger partial charge in [0.2, 0.25) is 0 Å². The van der Waals surface area contributed by atoms with E-state index in [0.717, 1.165) is 127 Å². The molecule has 6 aromatic heterocycles. The zero-order valence-electron chi connectivity index (χ0n) is 70.2. The van der Waals surface area contributed by atoms with Gasteiger partial charge in [-0.2, -0.15) is 0 Å². The summed E-state index contributed by atoms with van der Waals surface area (Å²) in [7, 11) is 4.65.